The number of carbonyl (C=O) groups is 1. The summed E-state index contributed by atoms with van der Waals surface area (Å²) < 4.78 is 27.5. The molecule has 1 saturated carbocycles. The fraction of sp³-hybridized carbons (Fsp3) is 0.381. The van der Waals surface area contributed by atoms with Crippen molar-refractivity contribution in [2.45, 2.75) is 49.1 Å². The van der Waals surface area contributed by atoms with Crippen molar-refractivity contribution >= 4 is 39.7 Å². The van der Waals surface area contributed by atoms with Crippen molar-refractivity contribution in [1.82, 2.24) is 5.32 Å². The van der Waals surface area contributed by atoms with Crippen LogP contribution in [0.2, 0.25) is 0 Å². The Morgan fingerprint density at radius 3 is 2.31 bits per heavy atom. The minimum atomic E-state index is -3.66. The zero-order valence-electron chi connectivity index (χ0n) is 16.0. The number of halogens is 1. The summed E-state index contributed by atoms with van der Waals surface area (Å²) in [6.45, 7) is 0. The van der Waals surface area contributed by atoms with Crippen LogP contribution in [0.5, 0.6) is 0 Å². The molecule has 2 aromatic carbocycles. The Hall–Kier alpha value is -2.09. The molecule has 1 aliphatic carbocycles. The van der Waals surface area contributed by atoms with Crippen molar-refractivity contribution in [2.75, 3.05) is 10.0 Å². The Labute approximate surface area is 177 Å². The van der Waals surface area contributed by atoms with Crippen LogP contribution in [0.15, 0.2) is 59.5 Å². The van der Waals surface area contributed by atoms with Crippen LogP contribution in [-0.2, 0) is 14.8 Å². The molecule has 3 unspecified atom stereocenters. The number of fused-ring (bicyclic) bond motifs is 1. The van der Waals surface area contributed by atoms with Crippen LogP contribution >= 0.6 is 12.4 Å². The first-order chi connectivity index (χ1) is 13.5. The van der Waals surface area contributed by atoms with E-state index < -0.39 is 10.0 Å². The third-order valence-corrected chi connectivity index (χ3v) is 7.03. The first-order valence-corrected chi connectivity index (χ1v) is 11.2. The smallest absolute Gasteiger partial charge is 0.261 e. The Bertz CT molecular complexity index is 921. The molecule has 0 radical (unpaired) electrons. The number of nitrogens with one attached hydrogen (secondary N) is 3. The van der Waals surface area contributed by atoms with Gasteiger partial charge in [-0.3, -0.25) is 9.52 Å². The van der Waals surface area contributed by atoms with Crippen molar-refractivity contribution < 1.29 is 13.2 Å². The van der Waals surface area contributed by atoms with Gasteiger partial charge in [0.15, 0.2) is 0 Å². The average Bonchev–Trinajstić information content (AvgIpc) is 3.13. The first-order valence-electron chi connectivity index (χ1n) is 9.76. The van der Waals surface area contributed by atoms with E-state index in [4.69, 9.17) is 0 Å². The maximum atomic E-state index is 12.6. The van der Waals surface area contributed by atoms with Gasteiger partial charge in [0.2, 0.25) is 5.91 Å². The molecule has 156 valence electrons. The number of anilines is 2. The van der Waals surface area contributed by atoms with E-state index >= 15 is 0 Å². The number of hydrogen-bond acceptors (Lipinski definition) is 4. The van der Waals surface area contributed by atoms with E-state index in [1.165, 1.54) is 31.4 Å². The number of carbonyl (C=O) groups excluding carboxylic acids is 1. The first kappa shape index (κ1) is 21.6. The highest BCUT2D eigenvalue weighted by molar-refractivity contribution is 7.92. The van der Waals surface area contributed by atoms with Gasteiger partial charge in [-0.25, -0.2) is 8.42 Å². The third-order valence-electron chi connectivity index (χ3n) is 5.64. The largest absolute Gasteiger partial charge is 0.325 e. The van der Waals surface area contributed by atoms with Crippen LogP contribution in [-0.4, -0.2) is 26.4 Å². The molecule has 3 N–H and O–H groups in total. The van der Waals surface area contributed by atoms with Gasteiger partial charge in [0.05, 0.1) is 10.9 Å². The Morgan fingerprint density at radius 1 is 0.931 bits per heavy atom. The van der Waals surface area contributed by atoms with Gasteiger partial charge in [0, 0.05) is 17.4 Å². The second-order valence-corrected chi connectivity index (χ2v) is 9.27. The van der Waals surface area contributed by atoms with Crippen molar-refractivity contribution in [3.63, 3.8) is 0 Å². The topological polar surface area (TPSA) is 87.3 Å². The number of hydrogen-bond donors (Lipinski definition) is 3. The van der Waals surface area contributed by atoms with Crippen molar-refractivity contribution in [1.29, 1.82) is 0 Å². The Kier molecular flexibility index (Phi) is 6.82. The molecule has 4 rings (SSSR count). The molecule has 3 atom stereocenters. The Morgan fingerprint density at radius 2 is 1.62 bits per heavy atom. The van der Waals surface area contributed by atoms with E-state index in [1.54, 1.807) is 36.4 Å². The van der Waals surface area contributed by atoms with E-state index in [0.717, 1.165) is 12.8 Å². The monoisotopic (exact) mass is 435 g/mol. The summed E-state index contributed by atoms with van der Waals surface area (Å²) >= 11 is 0. The van der Waals surface area contributed by atoms with Crippen LogP contribution in [0.3, 0.4) is 0 Å². The maximum Gasteiger partial charge on any atom is 0.261 e. The lowest BCUT2D eigenvalue weighted by molar-refractivity contribution is -0.117. The highest BCUT2D eigenvalue weighted by Crippen LogP contribution is 2.33. The lowest BCUT2D eigenvalue weighted by Crippen LogP contribution is -2.39. The lowest BCUT2D eigenvalue weighted by atomic mass is 9.85. The average molecular weight is 436 g/mol. The molecule has 0 bridgehead atoms. The highest BCUT2D eigenvalue weighted by atomic mass is 35.5. The normalized spacial score (nSPS) is 23.5. The number of amides is 1. The zero-order valence-corrected chi connectivity index (χ0v) is 17.6. The van der Waals surface area contributed by atoms with E-state index in [9.17, 15) is 13.2 Å². The van der Waals surface area contributed by atoms with Crippen molar-refractivity contribution in [2.24, 2.45) is 5.92 Å². The van der Waals surface area contributed by atoms with Gasteiger partial charge in [0.1, 0.15) is 0 Å². The molecule has 2 fully saturated rings. The molecule has 1 heterocycles. The Balaban J connectivity index is 0.00000240. The van der Waals surface area contributed by atoms with E-state index in [-0.39, 0.29) is 29.3 Å². The van der Waals surface area contributed by atoms with Gasteiger partial charge < -0.3 is 10.6 Å². The van der Waals surface area contributed by atoms with Crippen molar-refractivity contribution in [3.05, 3.63) is 54.6 Å². The summed E-state index contributed by atoms with van der Waals surface area (Å²) in [4.78, 5) is 12.7. The molecule has 1 amide bonds. The molecule has 1 saturated heterocycles. The summed E-state index contributed by atoms with van der Waals surface area (Å²) in [6.07, 6.45) is 5.71. The molecule has 8 heteroatoms. The fourth-order valence-electron chi connectivity index (χ4n) is 4.19. The number of sulfonamides is 1. The van der Waals surface area contributed by atoms with Gasteiger partial charge in [-0.2, -0.15) is 0 Å². The van der Waals surface area contributed by atoms with Crippen LogP contribution in [0.4, 0.5) is 11.4 Å². The minimum Gasteiger partial charge on any atom is -0.325 e. The van der Waals surface area contributed by atoms with Gasteiger partial charge in [-0.15, -0.1) is 12.4 Å². The van der Waals surface area contributed by atoms with E-state index in [1.807, 2.05) is 6.07 Å². The number of rotatable bonds is 5. The molecule has 2 aromatic rings. The molecule has 2 aliphatic rings. The molecule has 6 nitrogen and oxygen atoms in total. The van der Waals surface area contributed by atoms with Crippen molar-refractivity contribution in [3.8, 4) is 0 Å². The van der Waals surface area contributed by atoms with Crippen LogP contribution in [0, 0.1) is 5.92 Å². The molecule has 1 aliphatic heterocycles. The van der Waals surface area contributed by atoms with Gasteiger partial charge >= 0.3 is 0 Å². The van der Waals surface area contributed by atoms with E-state index in [0.29, 0.717) is 23.3 Å². The zero-order chi connectivity index (χ0) is 19.6. The quantitative estimate of drug-likeness (QED) is 0.667. The predicted octanol–water partition coefficient (Wildman–Crippen LogP) is 3.77. The second kappa shape index (κ2) is 9.15. The SMILES string of the molecule is Cl.O=C(Nc1ccc(S(=O)(=O)Nc2ccccc2)cc1)C1CC2CCCCC2N1. The summed E-state index contributed by atoms with van der Waals surface area (Å²) in [5.74, 6) is 0.550. The summed E-state index contributed by atoms with van der Waals surface area (Å²) in [7, 11) is -3.66. The van der Waals surface area contributed by atoms with Gasteiger partial charge in [-0.1, -0.05) is 31.0 Å². The fourth-order valence-corrected chi connectivity index (χ4v) is 5.25. The van der Waals surface area contributed by atoms with Crippen LogP contribution in [0.1, 0.15) is 32.1 Å². The second-order valence-electron chi connectivity index (χ2n) is 7.59. The number of para-hydroxylation sites is 1. The van der Waals surface area contributed by atoms with Gasteiger partial charge in [0.25, 0.3) is 10.0 Å². The molecule has 0 aromatic heterocycles. The minimum absolute atomic E-state index is 0. The summed E-state index contributed by atoms with van der Waals surface area (Å²) in [5, 5.41) is 6.36. The molecule has 29 heavy (non-hydrogen) atoms. The van der Waals surface area contributed by atoms with Crippen LogP contribution < -0.4 is 15.4 Å². The van der Waals surface area contributed by atoms with E-state index in [2.05, 4.69) is 15.4 Å². The third kappa shape index (κ3) is 5.10. The standard InChI is InChI=1S/C21H25N3O3S.ClH/c25-21(20-14-15-6-4-5-9-19(15)23-20)22-16-10-12-18(13-11-16)28(26,27)24-17-7-2-1-3-8-17;/h1-3,7-8,10-13,15,19-20,23-24H,4-6,9,14H2,(H,22,25);1H. The summed E-state index contributed by atoms with van der Waals surface area (Å²) in [5.41, 5.74) is 1.11. The lowest BCUT2D eigenvalue weighted by Gasteiger charge is -2.24. The molecular weight excluding hydrogens is 410 g/mol. The molecule has 0 spiro atoms. The molecular formula is C21H26ClN3O3S. The highest BCUT2D eigenvalue weighted by Gasteiger charge is 2.38. The maximum absolute atomic E-state index is 12.6. The predicted molar refractivity (Wildman–Crippen MR) is 117 cm³/mol. The summed E-state index contributed by atoms with van der Waals surface area (Å²) in [6, 6.07) is 15.3. The number of benzene rings is 2. The van der Waals surface area contributed by atoms with Gasteiger partial charge in [-0.05, 0) is 61.6 Å². The van der Waals surface area contributed by atoms with Crippen LogP contribution in [0.25, 0.3) is 0 Å².